The number of hydrogen-bond acceptors (Lipinski definition) is 10. The Morgan fingerprint density at radius 1 is 0.650 bits per heavy atom. The largest absolute Gasteiger partial charge is 0.457 e. The van der Waals surface area contributed by atoms with Gasteiger partial charge in [0, 0.05) is 12.2 Å². The number of hydrogen-bond donors (Lipinski definition) is 0. The fourth-order valence-corrected chi connectivity index (χ4v) is 3.12. The molecule has 0 amide bonds. The Morgan fingerprint density at radius 2 is 1.10 bits per heavy atom. The van der Waals surface area contributed by atoms with E-state index in [1.165, 1.54) is 54.6 Å². The minimum absolute atomic E-state index is 0.273. The lowest BCUT2D eigenvalue weighted by Gasteiger charge is -2.12. The molecular formula is C30H26O10. The lowest BCUT2D eigenvalue weighted by molar-refractivity contribution is -0.145. The fourth-order valence-electron chi connectivity index (χ4n) is 3.12. The minimum atomic E-state index is -0.612. The fraction of sp³-hybridized carbons (Fsp3) is 0.133. The van der Waals surface area contributed by atoms with Crippen LogP contribution < -0.4 is 18.9 Å². The molecular weight excluding hydrogens is 520 g/mol. The van der Waals surface area contributed by atoms with E-state index in [2.05, 4.69) is 13.2 Å². The topological polar surface area (TPSA) is 124 Å². The minimum Gasteiger partial charge on any atom is -0.457 e. The van der Waals surface area contributed by atoms with Crippen LogP contribution in [0.25, 0.3) is 0 Å². The molecule has 0 radical (unpaired) electrons. The van der Waals surface area contributed by atoms with Gasteiger partial charge in [0.1, 0.15) is 23.0 Å². The van der Waals surface area contributed by atoms with Crippen molar-refractivity contribution in [2.45, 2.75) is 13.3 Å². The van der Waals surface area contributed by atoms with Gasteiger partial charge in [-0.15, -0.1) is 0 Å². The smallest absolute Gasteiger partial charge is 0.343 e. The number of carbonyl (C=O) groups is 4. The molecule has 10 heteroatoms. The molecule has 0 aliphatic rings. The van der Waals surface area contributed by atoms with Gasteiger partial charge >= 0.3 is 23.9 Å². The Bertz CT molecular complexity index is 1370. The summed E-state index contributed by atoms with van der Waals surface area (Å²) in [5, 5.41) is 0. The molecule has 0 saturated heterocycles. The average Bonchev–Trinajstić information content (AvgIpc) is 2.98. The summed E-state index contributed by atoms with van der Waals surface area (Å²) in [6.45, 7) is 7.86. The van der Waals surface area contributed by atoms with Gasteiger partial charge in [-0.05, 0) is 78.7 Å². The summed E-state index contributed by atoms with van der Waals surface area (Å²) < 4.78 is 31.0. The van der Waals surface area contributed by atoms with Crippen LogP contribution >= 0.6 is 0 Å². The van der Waals surface area contributed by atoms with Crippen LogP contribution in [0.2, 0.25) is 0 Å². The van der Waals surface area contributed by atoms with Crippen LogP contribution in [0.3, 0.4) is 0 Å². The Hall–Kier alpha value is -5.38. The molecule has 0 saturated carbocycles. The van der Waals surface area contributed by atoms with E-state index in [1.54, 1.807) is 12.1 Å². The highest BCUT2D eigenvalue weighted by atomic mass is 16.7. The van der Waals surface area contributed by atoms with E-state index in [4.69, 9.17) is 28.4 Å². The molecule has 3 aromatic carbocycles. The standard InChI is InChI=1S/C30H26O10/c1-4-20-17-25(39-29(33)21-7-11-23(12-8-21)35-18-37-27(31)5-2)15-16-26(20)40-30(34)22-9-13-24(14-10-22)36-19-38-28(32)6-3/h5-17H,2-4,18-19H2,1H3. The third kappa shape index (κ3) is 8.59. The van der Waals surface area contributed by atoms with Crippen LogP contribution in [0, 0.1) is 0 Å². The Labute approximate surface area is 230 Å². The molecule has 40 heavy (non-hydrogen) atoms. The first kappa shape index (κ1) is 29.2. The van der Waals surface area contributed by atoms with Crippen LogP contribution in [0.1, 0.15) is 33.2 Å². The molecule has 0 fully saturated rings. The number of rotatable bonds is 13. The summed E-state index contributed by atoms with van der Waals surface area (Å²) in [4.78, 5) is 47.3. The van der Waals surface area contributed by atoms with Crippen LogP contribution in [0.15, 0.2) is 92.0 Å². The van der Waals surface area contributed by atoms with Gasteiger partial charge in [-0.1, -0.05) is 20.1 Å². The van der Waals surface area contributed by atoms with E-state index in [0.29, 0.717) is 29.2 Å². The molecule has 0 bridgehead atoms. The van der Waals surface area contributed by atoms with E-state index in [9.17, 15) is 19.2 Å². The van der Waals surface area contributed by atoms with Gasteiger partial charge in [-0.2, -0.15) is 0 Å². The van der Waals surface area contributed by atoms with Gasteiger partial charge in [0.2, 0.25) is 13.6 Å². The van der Waals surface area contributed by atoms with Crippen molar-refractivity contribution in [1.29, 1.82) is 0 Å². The summed E-state index contributed by atoms with van der Waals surface area (Å²) >= 11 is 0. The van der Waals surface area contributed by atoms with E-state index in [1.807, 2.05) is 6.92 Å². The number of ether oxygens (including phenoxy) is 6. The molecule has 0 aromatic heterocycles. The van der Waals surface area contributed by atoms with Crippen molar-refractivity contribution in [3.05, 3.63) is 109 Å². The summed E-state index contributed by atoms with van der Waals surface area (Å²) in [5.74, 6) is -1.03. The molecule has 206 valence electrons. The zero-order chi connectivity index (χ0) is 28.9. The second kappa shape index (κ2) is 14.5. The molecule has 0 spiro atoms. The SMILES string of the molecule is C=CC(=O)OCOc1ccc(C(=O)Oc2ccc(OC(=O)c3ccc(OCOC(=O)C=C)cc3)c(CC)c2)cc1. The number of carbonyl (C=O) groups excluding carboxylic acids is 4. The molecule has 0 atom stereocenters. The van der Waals surface area contributed by atoms with Crippen molar-refractivity contribution >= 4 is 23.9 Å². The van der Waals surface area contributed by atoms with Crippen LogP contribution in [0.4, 0.5) is 0 Å². The number of esters is 4. The zero-order valence-corrected chi connectivity index (χ0v) is 21.6. The maximum atomic E-state index is 12.7. The van der Waals surface area contributed by atoms with Crippen molar-refractivity contribution in [2.24, 2.45) is 0 Å². The highest BCUT2D eigenvalue weighted by Gasteiger charge is 2.15. The van der Waals surface area contributed by atoms with E-state index >= 15 is 0 Å². The first-order chi connectivity index (χ1) is 19.3. The van der Waals surface area contributed by atoms with E-state index in [0.717, 1.165) is 12.2 Å². The van der Waals surface area contributed by atoms with E-state index in [-0.39, 0.29) is 30.5 Å². The Morgan fingerprint density at radius 3 is 1.55 bits per heavy atom. The number of aryl methyl sites for hydroxylation is 1. The summed E-state index contributed by atoms with van der Waals surface area (Å²) in [6, 6.07) is 16.9. The van der Waals surface area contributed by atoms with Crippen LogP contribution in [0.5, 0.6) is 23.0 Å². The molecule has 0 unspecified atom stereocenters. The molecule has 3 rings (SSSR count). The Kier molecular flexibility index (Phi) is 10.6. The van der Waals surface area contributed by atoms with Crippen molar-refractivity contribution in [1.82, 2.24) is 0 Å². The maximum Gasteiger partial charge on any atom is 0.343 e. The lowest BCUT2D eigenvalue weighted by atomic mass is 10.1. The van der Waals surface area contributed by atoms with Gasteiger partial charge in [0.05, 0.1) is 11.1 Å². The third-order valence-electron chi connectivity index (χ3n) is 5.19. The quantitative estimate of drug-likeness (QED) is 0.128. The molecule has 10 nitrogen and oxygen atoms in total. The highest BCUT2D eigenvalue weighted by Crippen LogP contribution is 2.27. The maximum absolute atomic E-state index is 12.7. The molecule has 0 aliphatic carbocycles. The van der Waals surface area contributed by atoms with Crippen LogP contribution in [-0.4, -0.2) is 37.5 Å². The first-order valence-corrected chi connectivity index (χ1v) is 11.9. The van der Waals surface area contributed by atoms with Gasteiger partial charge in [-0.25, -0.2) is 19.2 Å². The summed E-state index contributed by atoms with van der Waals surface area (Å²) in [7, 11) is 0. The van der Waals surface area contributed by atoms with E-state index < -0.39 is 23.9 Å². The second-order valence-electron chi connectivity index (χ2n) is 7.81. The predicted octanol–water partition coefficient (Wildman–Crippen LogP) is 4.82. The average molecular weight is 547 g/mol. The lowest BCUT2D eigenvalue weighted by Crippen LogP contribution is -2.11. The van der Waals surface area contributed by atoms with Crippen molar-refractivity contribution < 1.29 is 47.6 Å². The Balaban J connectivity index is 1.57. The van der Waals surface area contributed by atoms with Crippen molar-refractivity contribution in [3.8, 4) is 23.0 Å². The van der Waals surface area contributed by atoms with Gasteiger partial charge < -0.3 is 28.4 Å². The van der Waals surface area contributed by atoms with Crippen molar-refractivity contribution in [3.63, 3.8) is 0 Å². The normalized spacial score (nSPS) is 10.0. The van der Waals surface area contributed by atoms with Gasteiger partial charge in [-0.3, -0.25) is 0 Å². The second-order valence-corrected chi connectivity index (χ2v) is 7.81. The first-order valence-electron chi connectivity index (χ1n) is 11.9. The predicted molar refractivity (Wildman–Crippen MR) is 142 cm³/mol. The van der Waals surface area contributed by atoms with Gasteiger partial charge in [0.25, 0.3) is 0 Å². The summed E-state index contributed by atoms with van der Waals surface area (Å²) in [6.07, 6.45) is 2.55. The molecule has 3 aromatic rings. The third-order valence-corrected chi connectivity index (χ3v) is 5.19. The van der Waals surface area contributed by atoms with Gasteiger partial charge in [0.15, 0.2) is 0 Å². The van der Waals surface area contributed by atoms with Crippen LogP contribution in [-0.2, 0) is 25.5 Å². The number of benzene rings is 3. The molecule has 0 N–H and O–H groups in total. The zero-order valence-electron chi connectivity index (χ0n) is 21.6. The monoisotopic (exact) mass is 546 g/mol. The summed E-state index contributed by atoms with van der Waals surface area (Å²) in [5.41, 5.74) is 1.20. The molecule has 0 aliphatic heterocycles. The molecule has 0 heterocycles. The highest BCUT2D eigenvalue weighted by molar-refractivity contribution is 5.92. The van der Waals surface area contributed by atoms with Crippen molar-refractivity contribution in [2.75, 3.05) is 13.6 Å².